The van der Waals surface area contributed by atoms with Crippen LogP contribution in [0.2, 0.25) is 5.02 Å². The number of benzene rings is 2. The maximum absolute atomic E-state index is 12.4. The van der Waals surface area contributed by atoms with Gasteiger partial charge in [-0.25, -0.2) is 0 Å². The first-order chi connectivity index (χ1) is 13.0. The third-order valence-electron chi connectivity index (χ3n) is 5.24. The number of hydrogen-bond donors (Lipinski definition) is 2. The molecule has 2 heterocycles. The lowest BCUT2D eigenvalue weighted by atomic mass is 9.78. The predicted molar refractivity (Wildman–Crippen MR) is 106 cm³/mol. The summed E-state index contributed by atoms with van der Waals surface area (Å²) in [6, 6.07) is 12.9. The van der Waals surface area contributed by atoms with Gasteiger partial charge in [0, 0.05) is 34.3 Å². The number of hydrogen-bond acceptors (Lipinski definition) is 4. The monoisotopic (exact) mass is 382 g/mol. The molecule has 1 aliphatic rings. The van der Waals surface area contributed by atoms with Crippen LogP contribution in [-0.2, 0) is 4.79 Å². The van der Waals surface area contributed by atoms with Crippen molar-refractivity contribution in [2.75, 3.05) is 12.4 Å². The molecule has 0 radical (unpaired) electrons. The summed E-state index contributed by atoms with van der Waals surface area (Å²) in [5, 5.41) is 14.9. The molecule has 2 N–H and O–H groups in total. The average molecular weight is 383 g/mol. The minimum absolute atomic E-state index is 0.0382. The fourth-order valence-corrected chi connectivity index (χ4v) is 4.21. The lowest BCUT2D eigenvalue weighted by molar-refractivity contribution is -0.139. The molecule has 27 heavy (non-hydrogen) atoms. The van der Waals surface area contributed by atoms with Crippen molar-refractivity contribution in [3.05, 3.63) is 64.8 Å². The molecule has 5 nitrogen and oxygen atoms in total. The van der Waals surface area contributed by atoms with E-state index in [1.165, 1.54) is 0 Å². The number of aromatic nitrogens is 1. The third-order valence-corrected chi connectivity index (χ3v) is 5.47. The lowest BCUT2D eigenvalue weighted by Gasteiger charge is -2.25. The second-order valence-corrected chi connectivity index (χ2v) is 7.23. The summed E-state index contributed by atoms with van der Waals surface area (Å²) in [5.41, 5.74) is 3.32. The van der Waals surface area contributed by atoms with E-state index in [1.807, 2.05) is 31.2 Å². The van der Waals surface area contributed by atoms with E-state index in [1.54, 1.807) is 31.5 Å². The van der Waals surface area contributed by atoms with Crippen LogP contribution < -0.4 is 10.1 Å². The van der Waals surface area contributed by atoms with E-state index >= 15 is 0 Å². The van der Waals surface area contributed by atoms with Crippen molar-refractivity contribution in [3.8, 4) is 5.75 Å². The number of carbonyl (C=O) groups is 1. The molecular formula is C21H19ClN2O3. The molecule has 0 aliphatic carbocycles. The standard InChI is InChI=1S/C21H19ClN2O3/c1-11-19(16-10-13(27-2)4-6-17(16)24-11)20(21(25)26)15-7-8-23-18-9-12(22)3-5-14(15)18/h3-11,19-20,24H,1-2H3,(H,25,26). The Labute approximate surface area is 161 Å². The van der Waals surface area contributed by atoms with Gasteiger partial charge in [0.25, 0.3) is 0 Å². The van der Waals surface area contributed by atoms with E-state index in [0.29, 0.717) is 16.3 Å². The molecule has 3 atom stereocenters. The van der Waals surface area contributed by atoms with Gasteiger partial charge in [0.05, 0.1) is 18.5 Å². The summed E-state index contributed by atoms with van der Waals surface area (Å²) in [7, 11) is 1.61. The van der Waals surface area contributed by atoms with Gasteiger partial charge in [-0.3, -0.25) is 9.78 Å². The Morgan fingerprint density at radius 1 is 1.26 bits per heavy atom. The van der Waals surface area contributed by atoms with Gasteiger partial charge >= 0.3 is 5.97 Å². The van der Waals surface area contributed by atoms with E-state index in [4.69, 9.17) is 16.3 Å². The van der Waals surface area contributed by atoms with Gasteiger partial charge in [0.1, 0.15) is 5.75 Å². The zero-order valence-electron chi connectivity index (χ0n) is 14.9. The molecule has 6 heteroatoms. The molecule has 0 amide bonds. The van der Waals surface area contributed by atoms with E-state index in [-0.39, 0.29) is 12.0 Å². The van der Waals surface area contributed by atoms with Gasteiger partial charge in [0.2, 0.25) is 0 Å². The molecule has 2 aromatic carbocycles. The zero-order chi connectivity index (χ0) is 19.1. The first-order valence-corrected chi connectivity index (χ1v) is 9.09. The molecule has 0 bridgehead atoms. The van der Waals surface area contributed by atoms with Gasteiger partial charge in [-0.15, -0.1) is 0 Å². The van der Waals surface area contributed by atoms with Crippen LogP contribution in [0.15, 0.2) is 48.7 Å². The van der Waals surface area contributed by atoms with Gasteiger partial charge in [-0.1, -0.05) is 17.7 Å². The summed E-state index contributed by atoms with van der Waals surface area (Å²) < 4.78 is 5.35. The van der Waals surface area contributed by atoms with Crippen LogP contribution in [-0.4, -0.2) is 29.2 Å². The number of nitrogens with one attached hydrogen (secondary N) is 1. The molecule has 0 spiro atoms. The van der Waals surface area contributed by atoms with Crippen LogP contribution in [0.4, 0.5) is 5.69 Å². The first kappa shape index (κ1) is 17.6. The normalized spacial score (nSPS) is 19.4. The Bertz CT molecular complexity index is 1040. The number of pyridine rings is 1. The number of aliphatic carboxylic acids is 1. The van der Waals surface area contributed by atoms with Crippen molar-refractivity contribution in [3.63, 3.8) is 0 Å². The Morgan fingerprint density at radius 3 is 2.81 bits per heavy atom. The quantitative estimate of drug-likeness (QED) is 0.686. The Hall–Kier alpha value is -2.79. The number of halogens is 1. The smallest absolute Gasteiger partial charge is 0.311 e. The van der Waals surface area contributed by atoms with E-state index in [0.717, 1.165) is 22.2 Å². The molecule has 0 saturated carbocycles. The van der Waals surface area contributed by atoms with Crippen molar-refractivity contribution in [2.24, 2.45) is 0 Å². The molecule has 138 valence electrons. The van der Waals surface area contributed by atoms with Crippen LogP contribution in [0.3, 0.4) is 0 Å². The number of methoxy groups -OCH3 is 1. The number of carboxylic acids is 1. The minimum atomic E-state index is -0.869. The van der Waals surface area contributed by atoms with Crippen molar-refractivity contribution >= 4 is 34.2 Å². The highest BCUT2D eigenvalue weighted by Crippen LogP contribution is 2.47. The Balaban J connectivity index is 1.90. The average Bonchev–Trinajstić information content (AvgIpc) is 2.96. The van der Waals surface area contributed by atoms with Gasteiger partial charge in [-0.05, 0) is 54.4 Å². The second kappa shape index (κ2) is 6.74. The van der Waals surface area contributed by atoms with Crippen molar-refractivity contribution in [1.82, 2.24) is 4.98 Å². The summed E-state index contributed by atoms with van der Waals surface area (Å²) in [6.07, 6.45) is 1.64. The van der Waals surface area contributed by atoms with Crippen LogP contribution in [0.25, 0.3) is 10.9 Å². The number of carboxylic acid groups (broad SMARTS) is 1. The molecule has 0 fully saturated rings. The summed E-state index contributed by atoms with van der Waals surface area (Å²) in [6.45, 7) is 2.01. The van der Waals surface area contributed by atoms with E-state index < -0.39 is 11.9 Å². The predicted octanol–water partition coefficient (Wildman–Crippen LogP) is 4.66. The lowest BCUT2D eigenvalue weighted by Crippen LogP contribution is -2.27. The maximum atomic E-state index is 12.4. The largest absolute Gasteiger partial charge is 0.497 e. The maximum Gasteiger partial charge on any atom is 0.311 e. The molecule has 1 aliphatic heterocycles. The number of rotatable bonds is 4. The number of nitrogens with zero attached hydrogens (tertiary/aromatic N) is 1. The molecular weight excluding hydrogens is 364 g/mol. The van der Waals surface area contributed by atoms with Gasteiger partial charge < -0.3 is 15.2 Å². The van der Waals surface area contributed by atoms with Crippen molar-refractivity contribution in [1.29, 1.82) is 0 Å². The van der Waals surface area contributed by atoms with Gasteiger partial charge in [0.15, 0.2) is 0 Å². The number of anilines is 1. The third kappa shape index (κ3) is 2.98. The highest BCUT2D eigenvalue weighted by atomic mass is 35.5. The SMILES string of the molecule is COc1ccc2c(c1)C(C(C(=O)O)c1ccnc3cc(Cl)ccc13)C(C)N2. The number of fused-ring (bicyclic) bond motifs is 2. The highest BCUT2D eigenvalue weighted by Gasteiger charge is 2.41. The van der Waals surface area contributed by atoms with Gasteiger partial charge in [-0.2, -0.15) is 0 Å². The Morgan fingerprint density at radius 2 is 2.07 bits per heavy atom. The summed E-state index contributed by atoms with van der Waals surface area (Å²) in [5.74, 6) is -1.13. The van der Waals surface area contributed by atoms with E-state index in [9.17, 15) is 9.90 Å². The number of ether oxygens (including phenoxy) is 1. The van der Waals surface area contributed by atoms with Crippen LogP contribution in [0, 0.1) is 0 Å². The molecule has 1 aromatic heterocycles. The summed E-state index contributed by atoms with van der Waals surface area (Å²) >= 11 is 6.08. The molecule has 3 unspecified atom stereocenters. The molecule has 0 saturated heterocycles. The highest BCUT2D eigenvalue weighted by molar-refractivity contribution is 6.31. The topological polar surface area (TPSA) is 71.5 Å². The minimum Gasteiger partial charge on any atom is -0.497 e. The first-order valence-electron chi connectivity index (χ1n) is 8.71. The van der Waals surface area contributed by atoms with Crippen LogP contribution in [0.1, 0.15) is 29.9 Å². The fraction of sp³-hybridized carbons (Fsp3) is 0.238. The summed E-state index contributed by atoms with van der Waals surface area (Å²) in [4.78, 5) is 16.8. The second-order valence-electron chi connectivity index (χ2n) is 6.79. The zero-order valence-corrected chi connectivity index (χ0v) is 15.7. The fourth-order valence-electron chi connectivity index (χ4n) is 4.04. The van der Waals surface area contributed by atoms with Crippen LogP contribution >= 0.6 is 11.6 Å². The molecule has 4 rings (SSSR count). The van der Waals surface area contributed by atoms with Crippen molar-refractivity contribution < 1.29 is 14.6 Å². The Kier molecular flexibility index (Phi) is 4.40. The molecule has 3 aromatic rings. The van der Waals surface area contributed by atoms with Crippen molar-refractivity contribution in [2.45, 2.75) is 24.8 Å². The van der Waals surface area contributed by atoms with Crippen LogP contribution in [0.5, 0.6) is 5.75 Å². The van der Waals surface area contributed by atoms with E-state index in [2.05, 4.69) is 10.3 Å².